The molecule has 2 aromatic rings. The monoisotopic (exact) mass is 353 g/mol. The molecular formula is C17H15N5O4. The van der Waals surface area contributed by atoms with Gasteiger partial charge in [0.2, 0.25) is 0 Å². The summed E-state index contributed by atoms with van der Waals surface area (Å²) < 4.78 is 5.17. The molecule has 1 fully saturated rings. The van der Waals surface area contributed by atoms with Gasteiger partial charge in [-0.15, -0.1) is 0 Å². The Morgan fingerprint density at radius 3 is 2.77 bits per heavy atom. The topological polar surface area (TPSA) is 114 Å². The largest absolute Gasteiger partial charge is 0.497 e. The number of methoxy groups -OCH3 is 1. The highest BCUT2D eigenvalue weighted by Crippen LogP contribution is 2.31. The van der Waals surface area contributed by atoms with Crippen LogP contribution in [0.5, 0.6) is 5.75 Å². The van der Waals surface area contributed by atoms with Crippen LogP contribution in [0.25, 0.3) is 0 Å². The van der Waals surface area contributed by atoms with E-state index in [0.29, 0.717) is 17.9 Å². The van der Waals surface area contributed by atoms with E-state index in [9.17, 15) is 14.4 Å². The van der Waals surface area contributed by atoms with Crippen molar-refractivity contribution in [2.24, 2.45) is 0 Å². The number of hydrogen-bond donors (Lipinski definition) is 2. The lowest BCUT2D eigenvalue weighted by Crippen LogP contribution is -2.53. The zero-order valence-electron chi connectivity index (χ0n) is 13.9. The van der Waals surface area contributed by atoms with Crippen molar-refractivity contribution in [3.05, 3.63) is 53.6 Å². The van der Waals surface area contributed by atoms with E-state index in [2.05, 4.69) is 20.6 Å². The molecule has 1 aromatic carbocycles. The van der Waals surface area contributed by atoms with Gasteiger partial charge < -0.3 is 15.0 Å². The first-order valence-electron chi connectivity index (χ1n) is 7.90. The van der Waals surface area contributed by atoms with Crippen LogP contribution in [0.2, 0.25) is 0 Å². The summed E-state index contributed by atoms with van der Waals surface area (Å²) in [6, 6.07) is 4.62. The highest BCUT2D eigenvalue weighted by Gasteiger charge is 2.51. The lowest BCUT2D eigenvalue weighted by molar-refractivity contribution is -0.125. The van der Waals surface area contributed by atoms with Gasteiger partial charge in [0, 0.05) is 24.5 Å². The molecule has 3 heterocycles. The Bertz CT molecular complexity index is 917. The number of benzene rings is 1. The maximum Gasteiger partial charge on any atom is 0.322 e. The van der Waals surface area contributed by atoms with E-state index in [-0.39, 0.29) is 18.1 Å². The molecule has 26 heavy (non-hydrogen) atoms. The molecule has 132 valence electrons. The minimum Gasteiger partial charge on any atom is -0.497 e. The number of aromatic nitrogens is 2. The number of imide groups is 1. The van der Waals surface area contributed by atoms with E-state index in [4.69, 9.17) is 4.74 Å². The van der Waals surface area contributed by atoms with Gasteiger partial charge in [0.15, 0.2) is 5.54 Å². The van der Waals surface area contributed by atoms with E-state index in [1.165, 1.54) is 30.6 Å². The Labute approximate surface area is 148 Å². The van der Waals surface area contributed by atoms with Crippen LogP contribution in [0.4, 0.5) is 4.79 Å². The summed E-state index contributed by atoms with van der Waals surface area (Å²) in [6.07, 6.45) is 4.30. The van der Waals surface area contributed by atoms with Gasteiger partial charge in [0.1, 0.15) is 5.75 Å². The minimum atomic E-state index is -1.48. The zero-order chi connectivity index (χ0) is 18.3. The van der Waals surface area contributed by atoms with Gasteiger partial charge in [-0.05, 0) is 17.7 Å². The Kier molecular flexibility index (Phi) is 3.57. The molecule has 2 N–H and O–H groups in total. The van der Waals surface area contributed by atoms with Gasteiger partial charge in [-0.25, -0.2) is 4.79 Å². The van der Waals surface area contributed by atoms with Crippen LogP contribution in [0.15, 0.2) is 36.8 Å². The van der Waals surface area contributed by atoms with E-state index in [1.54, 1.807) is 12.1 Å². The van der Waals surface area contributed by atoms with E-state index in [1.807, 2.05) is 6.07 Å². The normalized spacial score (nSPS) is 21.4. The molecular weight excluding hydrogens is 338 g/mol. The summed E-state index contributed by atoms with van der Waals surface area (Å²) in [7, 11) is 1.53. The summed E-state index contributed by atoms with van der Waals surface area (Å²) in [5.41, 5.74) is 0.135. The van der Waals surface area contributed by atoms with E-state index >= 15 is 0 Å². The van der Waals surface area contributed by atoms with E-state index < -0.39 is 17.5 Å². The molecule has 0 saturated carbocycles. The summed E-state index contributed by atoms with van der Waals surface area (Å²) in [5.74, 6) is -0.227. The van der Waals surface area contributed by atoms with Crippen molar-refractivity contribution in [3.8, 4) is 5.75 Å². The Morgan fingerprint density at radius 1 is 1.27 bits per heavy atom. The maximum absolute atomic E-state index is 12.8. The van der Waals surface area contributed by atoms with E-state index in [0.717, 1.165) is 5.56 Å². The summed E-state index contributed by atoms with van der Waals surface area (Å²) in [4.78, 5) is 46.8. The van der Waals surface area contributed by atoms with Crippen molar-refractivity contribution < 1.29 is 19.1 Å². The Balaban J connectivity index is 1.69. The number of ether oxygens (including phenoxy) is 1. The fourth-order valence-corrected chi connectivity index (χ4v) is 3.27. The van der Waals surface area contributed by atoms with Crippen molar-refractivity contribution in [1.29, 1.82) is 0 Å². The summed E-state index contributed by atoms with van der Waals surface area (Å²) in [5, 5.41) is 4.83. The molecule has 2 aliphatic heterocycles. The highest BCUT2D eigenvalue weighted by molar-refractivity contribution is 6.08. The van der Waals surface area contributed by atoms with Gasteiger partial charge >= 0.3 is 6.03 Å². The van der Waals surface area contributed by atoms with Crippen LogP contribution in [0.3, 0.4) is 0 Å². The molecule has 0 bridgehead atoms. The molecule has 4 rings (SSSR count). The number of urea groups is 1. The predicted molar refractivity (Wildman–Crippen MR) is 88.1 cm³/mol. The first-order valence-corrected chi connectivity index (χ1v) is 7.90. The van der Waals surface area contributed by atoms with Gasteiger partial charge in [-0.3, -0.25) is 24.9 Å². The predicted octanol–water partition coefficient (Wildman–Crippen LogP) is 0.176. The second-order valence-electron chi connectivity index (χ2n) is 6.09. The number of nitrogens with one attached hydrogen (secondary N) is 2. The van der Waals surface area contributed by atoms with Gasteiger partial charge in [-0.2, -0.15) is 0 Å². The standard InChI is InChI=1S/C17H15N5O4/c1-26-11-3-2-10-8-22(14(23)12(10)6-11)9-17(13-7-18-4-5-19-13)15(24)20-16(25)21-17/h2-7H,8-9H2,1H3,(H2,20,21,24,25)/t17-/m0/s1. The smallest absolute Gasteiger partial charge is 0.322 e. The second kappa shape index (κ2) is 5.80. The van der Waals surface area contributed by atoms with Crippen LogP contribution in [-0.2, 0) is 16.9 Å². The first-order chi connectivity index (χ1) is 12.5. The number of hydrogen-bond acceptors (Lipinski definition) is 6. The summed E-state index contributed by atoms with van der Waals surface area (Å²) in [6.45, 7) is 0.266. The maximum atomic E-state index is 12.8. The van der Waals surface area contributed by atoms with Crippen molar-refractivity contribution >= 4 is 17.8 Å². The SMILES string of the molecule is COc1ccc2c(c1)C(=O)N(C[C@@]1(c3cnccn3)NC(=O)NC1=O)C2. The van der Waals surface area contributed by atoms with Crippen LogP contribution in [-0.4, -0.2) is 46.4 Å². The third-order valence-corrected chi connectivity index (χ3v) is 4.57. The van der Waals surface area contributed by atoms with Crippen LogP contribution in [0, 0.1) is 0 Å². The molecule has 2 aliphatic rings. The Hall–Kier alpha value is -3.49. The number of carbonyl (C=O) groups excluding carboxylic acids is 3. The third kappa shape index (κ3) is 2.36. The first kappa shape index (κ1) is 16.0. The molecule has 4 amide bonds. The molecule has 1 atom stereocenters. The molecule has 0 aliphatic carbocycles. The Morgan fingerprint density at radius 2 is 2.12 bits per heavy atom. The van der Waals surface area contributed by atoms with Crippen LogP contribution < -0.4 is 15.4 Å². The molecule has 1 saturated heterocycles. The lowest BCUT2D eigenvalue weighted by Gasteiger charge is -2.29. The number of carbonyl (C=O) groups is 3. The fourth-order valence-electron chi connectivity index (χ4n) is 3.27. The molecule has 9 heteroatoms. The fraction of sp³-hybridized carbons (Fsp3) is 0.235. The third-order valence-electron chi connectivity index (χ3n) is 4.57. The van der Waals surface area contributed by atoms with Crippen molar-refractivity contribution in [2.45, 2.75) is 12.1 Å². The average molecular weight is 353 g/mol. The highest BCUT2D eigenvalue weighted by atomic mass is 16.5. The minimum absolute atomic E-state index is 0.0565. The lowest BCUT2D eigenvalue weighted by atomic mass is 9.95. The molecule has 0 radical (unpaired) electrons. The average Bonchev–Trinajstić information content (AvgIpc) is 3.12. The number of amides is 4. The molecule has 1 aromatic heterocycles. The van der Waals surface area contributed by atoms with Crippen molar-refractivity contribution in [2.75, 3.05) is 13.7 Å². The van der Waals surface area contributed by atoms with Gasteiger partial charge in [-0.1, -0.05) is 6.07 Å². The molecule has 0 spiro atoms. The number of fused-ring (bicyclic) bond motifs is 1. The molecule has 9 nitrogen and oxygen atoms in total. The van der Waals surface area contributed by atoms with Crippen LogP contribution >= 0.6 is 0 Å². The van der Waals surface area contributed by atoms with Crippen molar-refractivity contribution in [3.63, 3.8) is 0 Å². The quantitative estimate of drug-likeness (QED) is 0.758. The van der Waals surface area contributed by atoms with Crippen molar-refractivity contribution in [1.82, 2.24) is 25.5 Å². The molecule has 0 unspecified atom stereocenters. The van der Waals surface area contributed by atoms with Gasteiger partial charge in [0.05, 0.1) is 25.5 Å². The van der Waals surface area contributed by atoms with Gasteiger partial charge in [0.25, 0.3) is 11.8 Å². The number of rotatable bonds is 4. The zero-order valence-corrected chi connectivity index (χ0v) is 13.9. The van der Waals surface area contributed by atoms with Crippen LogP contribution in [0.1, 0.15) is 21.6 Å². The number of nitrogens with zero attached hydrogens (tertiary/aromatic N) is 3. The summed E-state index contributed by atoms with van der Waals surface area (Å²) >= 11 is 0. The second-order valence-corrected chi connectivity index (χ2v) is 6.09.